The van der Waals surface area contributed by atoms with Crippen LogP contribution in [0.25, 0.3) is 32.3 Å². The summed E-state index contributed by atoms with van der Waals surface area (Å²) in [5.74, 6) is 5.72. The highest BCUT2D eigenvalue weighted by atomic mass is 32.2. The highest BCUT2D eigenvalue weighted by molar-refractivity contribution is 7.92. The lowest BCUT2D eigenvalue weighted by Gasteiger charge is -2.19. The number of sulfonamides is 2. The quantitative estimate of drug-likeness (QED) is 0.206. The van der Waals surface area contributed by atoms with Crippen molar-refractivity contribution >= 4 is 62.2 Å². The number of benzene rings is 4. The number of phenols is 1. The fourth-order valence-corrected chi connectivity index (χ4v) is 8.11. The minimum absolute atomic E-state index is 0.101. The average Bonchev–Trinajstić information content (AvgIpc) is 2.88. The standard InChI is InChI=1S/C26H20N2O7S3/c1-4-7-14-36(30,31)22-16-24(38(34,35)28-13-6-3)20-11-10-19-23(37(32,33)27-12-5-2)15-21(29)17-8-9-18(22)26(20)25(17)19/h1-3,8-11,15-16,27-29H,7,12-14H2. The van der Waals surface area contributed by atoms with Gasteiger partial charge in [-0.05, 0) is 12.1 Å². The van der Waals surface area contributed by atoms with E-state index in [9.17, 15) is 30.4 Å². The van der Waals surface area contributed by atoms with E-state index >= 15 is 0 Å². The van der Waals surface area contributed by atoms with Gasteiger partial charge in [0.1, 0.15) is 5.75 Å². The number of aromatic hydroxyl groups is 1. The third kappa shape index (κ3) is 4.52. The molecule has 0 bridgehead atoms. The van der Waals surface area contributed by atoms with Crippen molar-refractivity contribution in [2.75, 3.05) is 18.8 Å². The van der Waals surface area contributed by atoms with E-state index in [1.807, 2.05) is 0 Å². The van der Waals surface area contributed by atoms with Gasteiger partial charge in [-0.1, -0.05) is 30.0 Å². The fraction of sp³-hybridized carbons (Fsp3) is 0.154. The summed E-state index contributed by atoms with van der Waals surface area (Å²) in [4.78, 5) is -1.01. The molecule has 12 heteroatoms. The van der Waals surface area contributed by atoms with Crippen molar-refractivity contribution in [3.63, 3.8) is 0 Å². The van der Waals surface area contributed by atoms with Crippen LogP contribution in [0.4, 0.5) is 0 Å². The predicted molar refractivity (Wildman–Crippen MR) is 145 cm³/mol. The molecule has 0 aromatic heterocycles. The summed E-state index contributed by atoms with van der Waals surface area (Å²) in [5.41, 5.74) is 0. The zero-order chi connectivity index (χ0) is 27.9. The van der Waals surface area contributed by atoms with Crippen LogP contribution in [0.15, 0.2) is 51.1 Å². The van der Waals surface area contributed by atoms with Crippen LogP contribution in [0.2, 0.25) is 0 Å². The van der Waals surface area contributed by atoms with Gasteiger partial charge in [-0.2, -0.15) is 9.44 Å². The van der Waals surface area contributed by atoms with Gasteiger partial charge in [-0.15, -0.1) is 25.2 Å². The van der Waals surface area contributed by atoms with Crippen LogP contribution in [0.1, 0.15) is 6.42 Å². The molecule has 0 amide bonds. The molecule has 0 saturated heterocycles. The summed E-state index contributed by atoms with van der Waals surface area (Å²) in [6.07, 6.45) is 15.5. The van der Waals surface area contributed by atoms with Crippen molar-refractivity contribution in [1.82, 2.24) is 9.44 Å². The van der Waals surface area contributed by atoms with Gasteiger partial charge in [-0.25, -0.2) is 25.3 Å². The molecule has 3 N–H and O–H groups in total. The number of sulfone groups is 1. The van der Waals surface area contributed by atoms with Crippen molar-refractivity contribution in [1.29, 1.82) is 0 Å². The summed E-state index contributed by atoms with van der Waals surface area (Å²) < 4.78 is 83.6. The lowest BCUT2D eigenvalue weighted by Crippen LogP contribution is -2.25. The Kier molecular flexibility index (Phi) is 7.02. The number of terminal acetylenes is 3. The topological polar surface area (TPSA) is 147 Å². The highest BCUT2D eigenvalue weighted by Gasteiger charge is 2.29. The van der Waals surface area contributed by atoms with E-state index < -0.39 is 41.4 Å². The van der Waals surface area contributed by atoms with E-state index in [1.54, 1.807) is 0 Å². The SMILES string of the molecule is C#CCCS(=O)(=O)c1cc(S(=O)(=O)NCC#C)c2ccc3c(S(=O)(=O)NCC#C)cc(O)c4ccc1c2c43. The number of phenolic OH excluding ortho intramolecular Hbond substituents is 1. The molecule has 0 aliphatic rings. The molecular weight excluding hydrogens is 548 g/mol. The van der Waals surface area contributed by atoms with Crippen LogP contribution in [0.3, 0.4) is 0 Å². The van der Waals surface area contributed by atoms with E-state index in [-0.39, 0.29) is 66.5 Å². The van der Waals surface area contributed by atoms with Crippen LogP contribution in [0.5, 0.6) is 5.75 Å². The normalized spacial score (nSPS) is 12.4. The van der Waals surface area contributed by atoms with Gasteiger partial charge < -0.3 is 5.11 Å². The van der Waals surface area contributed by atoms with Gasteiger partial charge in [0, 0.05) is 44.8 Å². The third-order valence-electron chi connectivity index (χ3n) is 5.92. The van der Waals surface area contributed by atoms with Crippen LogP contribution >= 0.6 is 0 Å². The molecule has 0 aliphatic heterocycles. The largest absolute Gasteiger partial charge is 0.507 e. The van der Waals surface area contributed by atoms with Crippen LogP contribution < -0.4 is 9.44 Å². The Labute approximate surface area is 220 Å². The predicted octanol–water partition coefficient (Wildman–Crippen LogP) is 1.91. The summed E-state index contributed by atoms with van der Waals surface area (Å²) >= 11 is 0. The molecule has 4 aromatic rings. The Morgan fingerprint density at radius 3 is 1.61 bits per heavy atom. The molecule has 0 fully saturated rings. The molecule has 0 radical (unpaired) electrons. The van der Waals surface area contributed by atoms with E-state index in [4.69, 9.17) is 19.3 Å². The first-order chi connectivity index (χ1) is 17.9. The average molecular weight is 569 g/mol. The molecule has 0 saturated carbocycles. The van der Waals surface area contributed by atoms with Crippen molar-refractivity contribution in [2.45, 2.75) is 21.1 Å². The smallest absolute Gasteiger partial charge is 0.242 e. The molecule has 0 atom stereocenters. The highest BCUT2D eigenvalue weighted by Crippen LogP contribution is 2.45. The summed E-state index contributed by atoms with van der Waals surface area (Å²) in [6, 6.07) is 7.73. The molecule has 9 nitrogen and oxygen atoms in total. The first kappa shape index (κ1) is 27.2. The zero-order valence-electron chi connectivity index (χ0n) is 19.6. The first-order valence-corrected chi connectivity index (χ1v) is 15.5. The molecule has 194 valence electrons. The number of nitrogens with one attached hydrogen (secondary N) is 2. The van der Waals surface area contributed by atoms with Crippen LogP contribution in [-0.2, 0) is 29.9 Å². The van der Waals surface area contributed by atoms with Gasteiger partial charge in [0.2, 0.25) is 20.0 Å². The Morgan fingerprint density at radius 1 is 0.658 bits per heavy atom. The minimum atomic E-state index is -4.32. The number of rotatable bonds is 9. The van der Waals surface area contributed by atoms with Crippen molar-refractivity contribution in [2.24, 2.45) is 0 Å². The number of hydrogen-bond donors (Lipinski definition) is 3. The van der Waals surface area contributed by atoms with Crippen molar-refractivity contribution in [3.8, 4) is 42.8 Å². The summed E-state index contributed by atoms with van der Waals surface area (Å²) in [6.45, 7) is -0.667. The fourth-order valence-electron chi connectivity index (χ4n) is 4.31. The summed E-state index contributed by atoms with van der Waals surface area (Å²) in [5, 5.41) is 11.6. The molecule has 0 spiro atoms. The maximum atomic E-state index is 13.3. The zero-order valence-corrected chi connectivity index (χ0v) is 22.1. The second kappa shape index (κ2) is 9.80. The molecule has 0 unspecified atom stereocenters. The van der Waals surface area contributed by atoms with Gasteiger partial charge in [0.15, 0.2) is 9.84 Å². The van der Waals surface area contributed by atoms with Crippen LogP contribution in [0, 0.1) is 37.0 Å². The van der Waals surface area contributed by atoms with Gasteiger partial charge in [0.05, 0.1) is 33.5 Å². The summed E-state index contributed by atoms with van der Waals surface area (Å²) in [7, 11) is -12.6. The molecule has 0 heterocycles. The Bertz CT molecular complexity index is 1990. The molecule has 0 aliphatic carbocycles. The maximum Gasteiger partial charge on any atom is 0.242 e. The van der Waals surface area contributed by atoms with Crippen molar-refractivity contribution < 1.29 is 30.4 Å². The van der Waals surface area contributed by atoms with E-state index in [2.05, 4.69) is 27.2 Å². The first-order valence-electron chi connectivity index (χ1n) is 10.9. The van der Waals surface area contributed by atoms with E-state index in [0.29, 0.717) is 0 Å². The monoisotopic (exact) mass is 568 g/mol. The van der Waals surface area contributed by atoms with Crippen LogP contribution in [-0.4, -0.2) is 49.2 Å². The second-order valence-corrected chi connectivity index (χ2v) is 13.7. The Hall–Kier alpha value is -3.83. The Morgan fingerprint density at radius 2 is 1.11 bits per heavy atom. The number of hydrogen-bond acceptors (Lipinski definition) is 7. The van der Waals surface area contributed by atoms with Gasteiger partial charge in [0.25, 0.3) is 0 Å². The lowest BCUT2D eigenvalue weighted by atomic mass is 9.94. The van der Waals surface area contributed by atoms with Gasteiger partial charge in [-0.3, -0.25) is 0 Å². The van der Waals surface area contributed by atoms with Crippen molar-refractivity contribution in [3.05, 3.63) is 36.4 Å². The minimum Gasteiger partial charge on any atom is -0.507 e. The molecular formula is C26H20N2O7S3. The molecule has 4 rings (SSSR count). The third-order valence-corrected chi connectivity index (χ3v) is 10.6. The van der Waals surface area contributed by atoms with E-state index in [1.165, 1.54) is 24.3 Å². The molecule has 4 aromatic carbocycles. The lowest BCUT2D eigenvalue weighted by molar-refractivity contribution is 0.480. The molecule has 38 heavy (non-hydrogen) atoms. The van der Waals surface area contributed by atoms with E-state index in [0.717, 1.165) is 12.1 Å². The Balaban J connectivity index is 2.25. The van der Waals surface area contributed by atoms with Gasteiger partial charge >= 0.3 is 0 Å². The second-order valence-electron chi connectivity index (χ2n) is 8.17. The maximum absolute atomic E-state index is 13.3.